The Kier molecular flexibility index (Phi) is 4.28. The summed E-state index contributed by atoms with van der Waals surface area (Å²) in [5, 5.41) is 2.16. The van der Waals surface area contributed by atoms with Crippen molar-refractivity contribution in [3.63, 3.8) is 0 Å². The predicted molar refractivity (Wildman–Crippen MR) is 85.4 cm³/mol. The highest BCUT2D eigenvalue weighted by Gasteiger charge is 2.07. The highest BCUT2D eigenvalue weighted by Crippen LogP contribution is 2.41. The van der Waals surface area contributed by atoms with E-state index in [1.165, 1.54) is 18.9 Å². The van der Waals surface area contributed by atoms with Gasteiger partial charge in [-0.3, -0.25) is 0 Å². The van der Waals surface area contributed by atoms with E-state index >= 15 is 0 Å². The van der Waals surface area contributed by atoms with Gasteiger partial charge in [-0.15, -0.1) is 11.3 Å². The Labute approximate surface area is 125 Å². The molecule has 0 aliphatic rings. The molecule has 2 aromatic carbocycles. The summed E-state index contributed by atoms with van der Waals surface area (Å²) in [5.41, 5.74) is 0. The standard InChI is InChI=1S/C16H12S3/c1-3-7-13(8-4-1)18-15-11-12-17-16(15)19-14-9-5-2-6-10-14/h1-12H. The largest absolute Gasteiger partial charge is 0.136 e. The second kappa shape index (κ2) is 6.33. The van der Waals surface area contributed by atoms with Crippen LogP contribution in [0.15, 0.2) is 91.0 Å². The van der Waals surface area contributed by atoms with Crippen LogP contribution >= 0.6 is 34.9 Å². The van der Waals surface area contributed by atoms with Gasteiger partial charge in [0.25, 0.3) is 0 Å². The molecule has 3 heteroatoms. The molecule has 0 amide bonds. The lowest BCUT2D eigenvalue weighted by Crippen LogP contribution is -1.73. The van der Waals surface area contributed by atoms with E-state index in [1.54, 1.807) is 11.3 Å². The smallest absolute Gasteiger partial charge is 0.0786 e. The maximum absolute atomic E-state index is 2.20. The maximum atomic E-state index is 2.20. The minimum atomic E-state index is 1.29. The van der Waals surface area contributed by atoms with Gasteiger partial charge in [-0.05, 0) is 35.7 Å². The molecular weight excluding hydrogens is 288 g/mol. The van der Waals surface area contributed by atoms with E-state index in [0.29, 0.717) is 0 Å². The van der Waals surface area contributed by atoms with Crippen molar-refractivity contribution in [1.82, 2.24) is 0 Å². The first-order valence-electron chi connectivity index (χ1n) is 5.95. The van der Waals surface area contributed by atoms with Gasteiger partial charge in [0.15, 0.2) is 0 Å². The summed E-state index contributed by atoms with van der Waals surface area (Å²) in [4.78, 5) is 3.92. The van der Waals surface area contributed by atoms with Crippen LogP contribution in [0.4, 0.5) is 0 Å². The van der Waals surface area contributed by atoms with Gasteiger partial charge in [0.05, 0.1) is 4.21 Å². The second-order valence-corrected chi connectivity index (χ2v) is 7.28. The molecule has 0 atom stereocenters. The molecule has 0 saturated carbocycles. The third-order valence-electron chi connectivity index (χ3n) is 2.52. The van der Waals surface area contributed by atoms with Crippen molar-refractivity contribution < 1.29 is 0 Å². The summed E-state index contributed by atoms with van der Waals surface area (Å²) in [5.74, 6) is 0. The summed E-state index contributed by atoms with van der Waals surface area (Å²) in [6.07, 6.45) is 0. The summed E-state index contributed by atoms with van der Waals surface area (Å²) in [6, 6.07) is 23.3. The monoisotopic (exact) mass is 300 g/mol. The molecule has 19 heavy (non-hydrogen) atoms. The molecule has 0 nitrogen and oxygen atoms in total. The number of hydrogen-bond donors (Lipinski definition) is 0. The first kappa shape index (κ1) is 12.9. The Morgan fingerprint density at radius 1 is 0.632 bits per heavy atom. The van der Waals surface area contributed by atoms with Gasteiger partial charge in [0, 0.05) is 14.7 Å². The van der Waals surface area contributed by atoms with Gasteiger partial charge in [-0.1, -0.05) is 59.9 Å². The Morgan fingerprint density at radius 3 is 1.84 bits per heavy atom. The third-order valence-corrected chi connectivity index (χ3v) is 6.00. The van der Waals surface area contributed by atoms with Crippen LogP contribution in [-0.2, 0) is 0 Å². The van der Waals surface area contributed by atoms with E-state index in [2.05, 4.69) is 72.1 Å². The van der Waals surface area contributed by atoms with Gasteiger partial charge in [-0.25, -0.2) is 0 Å². The SMILES string of the molecule is c1ccc(Sc2ccsc2Sc2ccccc2)cc1. The molecule has 94 valence electrons. The van der Waals surface area contributed by atoms with E-state index in [1.807, 2.05) is 23.5 Å². The molecule has 3 rings (SSSR count). The van der Waals surface area contributed by atoms with Gasteiger partial charge in [0.1, 0.15) is 0 Å². The molecule has 3 aromatic rings. The van der Waals surface area contributed by atoms with E-state index in [4.69, 9.17) is 0 Å². The van der Waals surface area contributed by atoms with Crippen LogP contribution in [0.5, 0.6) is 0 Å². The molecule has 0 saturated heterocycles. The van der Waals surface area contributed by atoms with Crippen LogP contribution in [0.3, 0.4) is 0 Å². The zero-order chi connectivity index (χ0) is 12.9. The number of benzene rings is 2. The molecule has 1 heterocycles. The van der Waals surface area contributed by atoms with Gasteiger partial charge in [-0.2, -0.15) is 0 Å². The summed E-state index contributed by atoms with van der Waals surface area (Å²) in [7, 11) is 0. The van der Waals surface area contributed by atoms with E-state index in [-0.39, 0.29) is 0 Å². The molecule has 0 N–H and O–H groups in total. The molecule has 0 aliphatic carbocycles. The zero-order valence-corrected chi connectivity index (χ0v) is 12.6. The summed E-state index contributed by atoms with van der Waals surface area (Å²) >= 11 is 5.47. The van der Waals surface area contributed by atoms with Gasteiger partial charge in [0.2, 0.25) is 0 Å². The number of thiophene rings is 1. The van der Waals surface area contributed by atoms with Crippen LogP contribution in [0.2, 0.25) is 0 Å². The first-order chi connectivity index (χ1) is 9.42. The molecule has 0 aliphatic heterocycles. The second-order valence-electron chi connectivity index (χ2n) is 3.90. The average Bonchev–Trinajstić information content (AvgIpc) is 2.88. The lowest BCUT2D eigenvalue weighted by molar-refractivity contribution is 1.35. The van der Waals surface area contributed by atoms with Crippen LogP contribution in [0.25, 0.3) is 0 Å². The van der Waals surface area contributed by atoms with Crippen molar-refractivity contribution in [3.8, 4) is 0 Å². The number of rotatable bonds is 4. The normalized spacial score (nSPS) is 10.5. The minimum Gasteiger partial charge on any atom is -0.136 e. The van der Waals surface area contributed by atoms with Crippen LogP contribution in [0, 0.1) is 0 Å². The molecule has 0 spiro atoms. The van der Waals surface area contributed by atoms with Crippen molar-refractivity contribution >= 4 is 34.9 Å². The molecular formula is C16H12S3. The highest BCUT2D eigenvalue weighted by molar-refractivity contribution is 8.03. The Morgan fingerprint density at radius 2 is 1.21 bits per heavy atom. The van der Waals surface area contributed by atoms with Crippen molar-refractivity contribution in [2.75, 3.05) is 0 Å². The fraction of sp³-hybridized carbons (Fsp3) is 0. The minimum absolute atomic E-state index is 1.29. The van der Waals surface area contributed by atoms with Crippen LogP contribution in [0.1, 0.15) is 0 Å². The molecule has 0 fully saturated rings. The maximum Gasteiger partial charge on any atom is 0.0786 e. The fourth-order valence-corrected chi connectivity index (χ4v) is 4.85. The summed E-state index contributed by atoms with van der Waals surface area (Å²) < 4.78 is 1.36. The van der Waals surface area contributed by atoms with Crippen molar-refractivity contribution in [3.05, 3.63) is 72.1 Å². The Bertz CT molecular complexity index is 573. The fourth-order valence-electron chi connectivity index (χ4n) is 1.64. The first-order valence-corrected chi connectivity index (χ1v) is 8.46. The van der Waals surface area contributed by atoms with Crippen molar-refractivity contribution in [1.29, 1.82) is 0 Å². The Balaban J connectivity index is 1.79. The highest BCUT2D eigenvalue weighted by atomic mass is 32.2. The zero-order valence-electron chi connectivity index (χ0n) is 10.2. The van der Waals surface area contributed by atoms with Crippen molar-refractivity contribution in [2.45, 2.75) is 18.9 Å². The molecule has 0 unspecified atom stereocenters. The van der Waals surface area contributed by atoms with Crippen molar-refractivity contribution in [2.24, 2.45) is 0 Å². The van der Waals surface area contributed by atoms with E-state index in [9.17, 15) is 0 Å². The quantitative estimate of drug-likeness (QED) is 0.575. The Hall–Kier alpha value is -1.16. The van der Waals surface area contributed by atoms with Gasteiger partial charge >= 0.3 is 0 Å². The van der Waals surface area contributed by atoms with E-state index < -0.39 is 0 Å². The average molecular weight is 300 g/mol. The molecule has 1 aromatic heterocycles. The third kappa shape index (κ3) is 3.44. The van der Waals surface area contributed by atoms with Crippen LogP contribution in [-0.4, -0.2) is 0 Å². The van der Waals surface area contributed by atoms with E-state index in [0.717, 1.165) is 0 Å². The lowest BCUT2D eigenvalue weighted by atomic mass is 10.4. The molecule has 0 bridgehead atoms. The summed E-state index contributed by atoms with van der Waals surface area (Å²) in [6.45, 7) is 0. The number of hydrogen-bond acceptors (Lipinski definition) is 3. The predicted octanol–water partition coefficient (Wildman–Crippen LogP) is 6.05. The van der Waals surface area contributed by atoms with Gasteiger partial charge < -0.3 is 0 Å². The topological polar surface area (TPSA) is 0 Å². The molecule has 0 radical (unpaired) electrons. The lowest BCUT2D eigenvalue weighted by Gasteiger charge is -2.03. The van der Waals surface area contributed by atoms with Crippen LogP contribution < -0.4 is 0 Å².